The van der Waals surface area contributed by atoms with Gasteiger partial charge < -0.3 is 0 Å². The lowest BCUT2D eigenvalue weighted by Gasteiger charge is -2.04. The van der Waals surface area contributed by atoms with Crippen molar-refractivity contribution >= 4 is 49.2 Å². The number of hydrogen-bond donors (Lipinski definition) is 1. The highest BCUT2D eigenvalue weighted by Crippen LogP contribution is 2.28. The van der Waals surface area contributed by atoms with Crippen LogP contribution in [0.5, 0.6) is 0 Å². The molecule has 1 aromatic carbocycles. The number of fused-ring (bicyclic) bond motifs is 1. The lowest BCUT2D eigenvalue weighted by molar-refractivity contribution is 0.484. The normalized spacial score (nSPS) is 11.1. The van der Waals surface area contributed by atoms with Crippen LogP contribution in [0.1, 0.15) is 0 Å². The molecule has 0 aliphatic carbocycles. The topological polar surface area (TPSA) is 67.3 Å². The van der Waals surface area contributed by atoms with Crippen LogP contribution in [0.2, 0.25) is 0 Å². The zero-order valence-corrected chi connectivity index (χ0v) is 11.0. The molecule has 0 atom stereocenters. The fourth-order valence-electron chi connectivity index (χ4n) is 1.35. The molecule has 0 spiro atoms. The minimum absolute atomic E-state index is 0. The first-order valence-corrected chi connectivity index (χ1v) is 6.23. The van der Waals surface area contributed by atoms with Gasteiger partial charge in [-0.05, 0) is 18.2 Å². The van der Waals surface area contributed by atoms with E-state index in [2.05, 4.69) is 20.9 Å². The molecule has 1 N–H and O–H groups in total. The molecule has 0 radical (unpaired) electrons. The SMILES string of the molecule is Cl.O=S(=O)(O)c1ccc(Br)c2ccncc12. The van der Waals surface area contributed by atoms with E-state index >= 15 is 0 Å². The van der Waals surface area contributed by atoms with Crippen molar-refractivity contribution in [3.63, 3.8) is 0 Å². The number of nitrogens with zero attached hydrogens (tertiary/aromatic N) is 1. The van der Waals surface area contributed by atoms with E-state index in [-0.39, 0.29) is 17.3 Å². The molecule has 0 unspecified atom stereocenters. The molecule has 0 saturated heterocycles. The second kappa shape index (κ2) is 4.67. The van der Waals surface area contributed by atoms with Gasteiger partial charge in [0.1, 0.15) is 4.90 Å². The van der Waals surface area contributed by atoms with Crippen LogP contribution < -0.4 is 0 Å². The Morgan fingerprint density at radius 3 is 2.50 bits per heavy atom. The first-order chi connectivity index (χ1) is 7.00. The predicted octanol–water partition coefficient (Wildman–Crippen LogP) is 2.67. The Kier molecular flexibility index (Phi) is 3.90. The molecule has 2 rings (SSSR count). The quantitative estimate of drug-likeness (QED) is 0.819. The largest absolute Gasteiger partial charge is 0.295 e. The first kappa shape index (κ1) is 13.4. The molecule has 2 aromatic rings. The van der Waals surface area contributed by atoms with Crippen molar-refractivity contribution < 1.29 is 13.0 Å². The maximum atomic E-state index is 11.1. The maximum Gasteiger partial charge on any atom is 0.295 e. The molecule has 0 aliphatic heterocycles. The fraction of sp³-hybridized carbons (Fsp3) is 0. The Bertz CT molecular complexity index is 630. The summed E-state index contributed by atoms with van der Waals surface area (Å²) in [5.41, 5.74) is 0. The zero-order valence-electron chi connectivity index (χ0n) is 7.79. The van der Waals surface area contributed by atoms with Gasteiger partial charge in [-0.2, -0.15) is 8.42 Å². The number of halogens is 2. The molecule has 0 fully saturated rings. The Hall–Kier alpha value is -0.690. The van der Waals surface area contributed by atoms with Crippen LogP contribution in [0.25, 0.3) is 10.8 Å². The molecule has 0 amide bonds. The highest BCUT2D eigenvalue weighted by molar-refractivity contribution is 9.10. The Balaban J connectivity index is 0.00000128. The van der Waals surface area contributed by atoms with E-state index in [0.717, 1.165) is 4.47 Å². The maximum absolute atomic E-state index is 11.1. The van der Waals surface area contributed by atoms with Crippen LogP contribution in [-0.2, 0) is 10.1 Å². The third-order valence-electron chi connectivity index (χ3n) is 2.00. The van der Waals surface area contributed by atoms with Gasteiger partial charge in [0.15, 0.2) is 0 Å². The van der Waals surface area contributed by atoms with E-state index in [9.17, 15) is 8.42 Å². The highest BCUT2D eigenvalue weighted by atomic mass is 79.9. The molecule has 0 saturated carbocycles. The smallest absolute Gasteiger partial charge is 0.282 e. The molecule has 1 heterocycles. The second-order valence-electron chi connectivity index (χ2n) is 2.94. The monoisotopic (exact) mass is 323 g/mol. The van der Waals surface area contributed by atoms with E-state index in [1.54, 1.807) is 18.3 Å². The van der Waals surface area contributed by atoms with Crippen molar-refractivity contribution in [2.45, 2.75) is 4.90 Å². The average Bonchev–Trinajstić information content (AvgIpc) is 2.17. The zero-order chi connectivity index (χ0) is 11.1. The van der Waals surface area contributed by atoms with Gasteiger partial charge in [0.05, 0.1) is 0 Å². The van der Waals surface area contributed by atoms with E-state index in [1.807, 2.05) is 0 Å². The van der Waals surface area contributed by atoms with Gasteiger partial charge >= 0.3 is 0 Å². The lowest BCUT2D eigenvalue weighted by Crippen LogP contribution is -1.99. The van der Waals surface area contributed by atoms with Crippen LogP contribution in [0.15, 0.2) is 40.0 Å². The van der Waals surface area contributed by atoms with Crippen LogP contribution in [0, 0.1) is 0 Å². The van der Waals surface area contributed by atoms with Crippen molar-refractivity contribution in [3.8, 4) is 0 Å². The number of rotatable bonds is 1. The van der Waals surface area contributed by atoms with Gasteiger partial charge in [-0.15, -0.1) is 12.4 Å². The molecule has 4 nitrogen and oxygen atoms in total. The summed E-state index contributed by atoms with van der Waals surface area (Å²) in [7, 11) is -4.21. The van der Waals surface area contributed by atoms with Crippen molar-refractivity contribution in [2.24, 2.45) is 0 Å². The van der Waals surface area contributed by atoms with Crippen LogP contribution in [0.4, 0.5) is 0 Å². The minimum Gasteiger partial charge on any atom is -0.282 e. The van der Waals surface area contributed by atoms with Gasteiger partial charge in [-0.1, -0.05) is 15.9 Å². The molecule has 16 heavy (non-hydrogen) atoms. The van der Waals surface area contributed by atoms with Gasteiger partial charge in [0.2, 0.25) is 0 Å². The third kappa shape index (κ3) is 2.35. The summed E-state index contributed by atoms with van der Waals surface area (Å²) in [5, 5.41) is 1.09. The summed E-state index contributed by atoms with van der Waals surface area (Å²) in [6.45, 7) is 0. The molecule has 1 aromatic heterocycles. The van der Waals surface area contributed by atoms with Crippen molar-refractivity contribution in [3.05, 3.63) is 35.1 Å². The number of pyridine rings is 1. The van der Waals surface area contributed by atoms with E-state index in [4.69, 9.17) is 4.55 Å². The van der Waals surface area contributed by atoms with Gasteiger partial charge in [-0.25, -0.2) is 0 Å². The summed E-state index contributed by atoms with van der Waals surface area (Å²) in [6.07, 6.45) is 2.96. The molecule has 0 bridgehead atoms. The average molecular weight is 325 g/mol. The summed E-state index contributed by atoms with van der Waals surface area (Å²) < 4.78 is 31.9. The van der Waals surface area contributed by atoms with Crippen molar-refractivity contribution in [1.29, 1.82) is 0 Å². The number of hydrogen-bond acceptors (Lipinski definition) is 3. The van der Waals surface area contributed by atoms with Crippen molar-refractivity contribution in [2.75, 3.05) is 0 Å². The van der Waals surface area contributed by atoms with Crippen LogP contribution in [-0.4, -0.2) is 18.0 Å². The van der Waals surface area contributed by atoms with E-state index < -0.39 is 10.1 Å². The standard InChI is InChI=1S/C9H6BrNO3S.ClH/c10-8-1-2-9(15(12,13)14)7-5-11-4-3-6(7)8;/h1-5H,(H,12,13,14);1H. The summed E-state index contributed by atoms with van der Waals surface area (Å²) >= 11 is 3.29. The Morgan fingerprint density at radius 2 is 1.88 bits per heavy atom. The molecular weight excluding hydrogens is 318 g/mol. The Labute approximate surface area is 107 Å². The molecule has 7 heteroatoms. The van der Waals surface area contributed by atoms with E-state index in [1.165, 1.54) is 12.3 Å². The number of benzene rings is 1. The number of aromatic nitrogens is 1. The predicted molar refractivity (Wildman–Crippen MR) is 66.5 cm³/mol. The molecule has 86 valence electrons. The molecular formula is C9H7BrClNO3S. The van der Waals surface area contributed by atoms with Gasteiger partial charge in [-0.3, -0.25) is 9.54 Å². The second-order valence-corrected chi connectivity index (χ2v) is 5.19. The van der Waals surface area contributed by atoms with Gasteiger partial charge in [0, 0.05) is 27.6 Å². The Morgan fingerprint density at radius 1 is 1.19 bits per heavy atom. The summed E-state index contributed by atoms with van der Waals surface area (Å²) in [5.74, 6) is 0. The molecule has 0 aliphatic rings. The minimum atomic E-state index is -4.21. The summed E-state index contributed by atoms with van der Waals surface area (Å²) in [6, 6.07) is 4.59. The first-order valence-electron chi connectivity index (χ1n) is 4.00. The third-order valence-corrected chi connectivity index (χ3v) is 3.61. The van der Waals surface area contributed by atoms with Crippen LogP contribution in [0.3, 0.4) is 0 Å². The fourth-order valence-corrected chi connectivity index (χ4v) is 2.51. The van der Waals surface area contributed by atoms with Crippen LogP contribution >= 0.6 is 28.3 Å². The van der Waals surface area contributed by atoms with Crippen molar-refractivity contribution in [1.82, 2.24) is 4.98 Å². The van der Waals surface area contributed by atoms with E-state index in [0.29, 0.717) is 10.8 Å². The lowest BCUT2D eigenvalue weighted by atomic mass is 10.2. The highest BCUT2D eigenvalue weighted by Gasteiger charge is 2.14. The summed E-state index contributed by atoms with van der Waals surface area (Å²) in [4.78, 5) is 3.70. The van der Waals surface area contributed by atoms with Gasteiger partial charge in [0.25, 0.3) is 10.1 Å².